The van der Waals surface area contributed by atoms with Crippen molar-refractivity contribution in [3.05, 3.63) is 0 Å². The molecule has 0 saturated heterocycles. The number of unbranched alkanes of at least 4 members (excludes halogenated alkanes) is 6. The van der Waals surface area contributed by atoms with Crippen molar-refractivity contribution in [2.45, 2.75) is 78.2 Å². The molecule has 0 aliphatic carbocycles. The van der Waals surface area contributed by atoms with Gasteiger partial charge in [-0.05, 0) is 13.3 Å². The van der Waals surface area contributed by atoms with Crippen molar-refractivity contribution in [1.29, 1.82) is 0 Å². The van der Waals surface area contributed by atoms with Crippen molar-refractivity contribution in [1.82, 2.24) is 0 Å². The summed E-state index contributed by atoms with van der Waals surface area (Å²) in [4.78, 5) is 11.7. The molecule has 4 heteroatoms. The molecule has 1 unspecified atom stereocenters. The fraction of sp³-hybridized carbons (Fsp3) is 0.938. The van der Waals surface area contributed by atoms with E-state index in [1.165, 1.54) is 32.1 Å². The first-order valence-corrected chi connectivity index (χ1v) is 7.91. The van der Waals surface area contributed by atoms with Crippen LogP contribution in [-0.2, 0) is 9.53 Å². The summed E-state index contributed by atoms with van der Waals surface area (Å²) in [6.45, 7) is 5.22. The molecule has 2 N–H and O–H groups in total. The van der Waals surface area contributed by atoms with E-state index in [1.807, 2.05) is 0 Å². The largest absolute Gasteiger partial charge is 0.462 e. The Labute approximate surface area is 123 Å². The molecule has 0 fully saturated rings. The SMILES string of the molecule is CCCCCCCCCC(=O)OC(C)C(C)(CO)CO. The summed E-state index contributed by atoms with van der Waals surface area (Å²) in [7, 11) is 0. The fourth-order valence-electron chi connectivity index (χ4n) is 1.93. The van der Waals surface area contributed by atoms with E-state index in [9.17, 15) is 15.0 Å². The number of hydrogen-bond donors (Lipinski definition) is 2. The lowest BCUT2D eigenvalue weighted by molar-refractivity contribution is -0.158. The summed E-state index contributed by atoms with van der Waals surface area (Å²) in [6.07, 6.45) is 8.10. The molecule has 20 heavy (non-hydrogen) atoms. The molecule has 0 saturated carbocycles. The summed E-state index contributed by atoms with van der Waals surface area (Å²) in [5.74, 6) is -0.237. The summed E-state index contributed by atoms with van der Waals surface area (Å²) in [5, 5.41) is 18.5. The summed E-state index contributed by atoms with van der Waals surface area (Å²) in [6, 6.07) is 0. The zero-order chi connectivity index (χ0) is 15.4. The van der Waals surface area contributed by atoms with Gasteiger partial charge in [-0.1, -0.05) is 52.4 Å². The van der Waals surface area contributed by atoms with E-state index in [2.05, 4.69) is 6.92 Å². The van der Waals surface area contributed by atoms with E-state index in [-0.39, 0.29) is 19.2 Å². The molecule has 0 aromatic heterocycles. The number of ether oxygens (including phenoxy) is 1. The third-order valence-corrected chi connectivity index (χ3v) is 4.00. The van der Waals surface area contributed by atoms with E-state index >= 15 is 0 Å². The normalized spacial score (nSPS) is 13.2. The highest BCUT2D eigenvalue weighted by molar-refractivity contribution is 5.69. The topological polar surface area (TPSA) is 66.8 Å². The van der Waals surface area contributed by atoms with Gasteiger partial charge in [0.05, 0.1) is 18.6 Å². The van der Waals surface area contributed by atoms with Crippen LogP contribution in [-0.4, -0.2) is 35.5 Å². The number of carbonyl (C=O) groups excluding carboxylic acids is 1. The maximum Gasteiger partial charge on any atom is 0.306 e. The van der Waals surface area contributed by atoms with Gasteiger partial charge in [0.1, 0.15) is 6.10 Å². The number of aliphatic hydroxyl groups excluding tert-OH is 2. The molecular weight excluding hydrogens is 256 g/mol. The molecule has 0 aliphatic rings. The van der Waals surface area contributed by atoms with Crippen LogP contribution in [0.25, 0.3) is 0 Å². The minimum atomic E-state index is -0.768. The Kier molecular flexibility index (Phi) is 10.8. The third-order valence-electron chi connectivity index (χ3n) is 4.00. The van der Waals surface area contributed by atoms with Crippen LogP contribution in [0, 0.1) is 5.41 Å². The van der Waals surface area contributed by atoms with Crippen molar-refractivity contribution < 1.29 is 19.7 Å². The van der Waals surface area contributed by atoms with Crippen LogP contribution in [0.3, 0.4) is 0 Å². The second kappa shape index (κ2) is 11.1. The molecule has 0 spiro atoms. The van der Waals surface area contributed by atoms with Crippen LogP contribution in [0.15, 0.2) is 0 Å². The number of rotatable bonds is 12. The number of esters is 1. The molecule has 0 aromatic rings. The molecule has 4 nitrogen and oxygen atoms in total. The molecule has 0 aliphatic heterocycles. The lowest BCUT2D eigenvalue weighted by Crippen LogP contribution is -2.40. The van der Waals surface area contributed by atoms with Crippen molar-refractivity contribution in [3.63, 3.8) is 0 Å². The van der Waals surface area contributed by atoms with Gasteiger partial charge in [0.2, 0.25) is 0 Å². The molecule has 0 bridgehead atoms. The number of aliphatic hydroxyl groups is 2. The van der Waals surface area contributed by atoms with Gasteiger partial charge < -0.3 is 14.9 Å². The maximum atomic E-state index is 11.7. The molecule has 0 radical (unpaired) electrons. The summed E-state index contributed by atoms with van der Waals surface area (Å²) >= 11 is 0. The molecule has 0 rings (SSSR count). The van der Waals surface area contributed by atoms with E-state index < -0.39 is 11.5 Å². The minimum Gasteiger partial charge on any atom is -0.462 e. The fourth-order valence-corrected chi connectivity index (χ4v) is 1.93. The van der Waals surface area contributed by atoms with E-state index in [0.29, 0.717) is 6.42 Å². The lowest BCUT2D eigenvalue weighted by atomic mass is 9.87. The Morgan fingerprint density at radius 2 is 1.55 bits per heavy atom. The second-order valence-electron chi connectivity index (χ2n) is 5.97. The Morgan fingerprint density at radius 3 is 2.05 bits per heavy atom. The van der Waals surface area contributed by atoms with Gasteiger partial charge in [0.25, 0.3) is 0 Å². The molecule has 1 atom stereocenters. The second-order valence-corrected chi connectivity index (χ2v) is 5.97. The predicted octanol–water partition coefficient (Wildman–Crippen LogP) is 3.05. The minimum absolute atomic E-state index is 0.199. The Bertz CT molecular complexity index is 249. The Balaban J connectivity index is 3.73. The van der Waals surface area contributed by atoms with Gasteiger partial charge in [0.15, 0.2) is 0 Å². The maximum absolute atomic E-state index is 11.7. The van der Waals surface area contributed by atoms with Crippen LogP contribution < -0.4 is 0 Å². The Hall–Kier alpha value is -0.610. The van der Waals surface area contributed by atoms with E-state index in [4.69, 9.17) is 4.74 Å². The zero-order valence-corrected chi connectivity index (χ0v) is 13.4. The van der Waals surface area contributed by atoms with Crippen LogP contribution in [0.5, 0.6) is 0 Å². The smallest absolute Gasteiger partial charge is 0.306 e. The van der Waals surface area contributed by atoms with Crippen LogP contribution in [0.2, 0.25) is 0 Å². The lowest BCUT2D eigenvalue weighted by Gasteiger charge is -2.31. The van der Waals surface area contributed by atoms with Gasteiger partial charge >= 0.3 is 5.97 Å². The van der Waals surface area contributed by atoms with Crippen LogP contribution in [0.4, 0.5) is 0 Å². The van der Waals surface area contributed by atoms with Gasteiger partial charge in [-0.3, -0.25) is 4.79 Å². The highest BCUT2D eigenvalue weighted by Crippen LogP contribution is 2.23. The third kappa shape index (κ3) is 7.85. The van der Waals surface area contributed by atoms with Crippen molar-refractivity contribution in [3.8, 4) is 0 Å². The van der Waals surface area contributed by atoms with E-state index in [1.54, 1.807) is 13.8 Å². The van der Waals surface area contributed by atoms with Gasteiger partial charge in [-0.2, -0.15) is 0 Å². The molecule has 0 aromatic carbocycles. The molecule has 0 heterocycles. The average Bonchev–Trinajstić information content (AvgIpc) is 2.45. The monoisotopic (exact) mass is 288 g/mol. The van der Waals surface area contributed by atoms with Crippen LogP contribution in [0.1, 0.15) is 72.1 Å². The van der Waals surface area contributed by atoms with Gasteiger partial charge in [0, 0.05) is 6.42 Å². The first-order valence-electron chi connectivity index (χ1n) is 7.91. The molecular formula is C16H32O4. The quantitative estimate of drug-likeness (QED) is 0.428. The average molecular weight is 288 g/mol. The van der Waals surface area contributed by atoms with Crippen LogP contribution >= 0.6 is 0 Å². The van der Waals surface area contributed by atoms with Crippen molar-refractivity contribution in [2.75, 3.05) is 13.2 Å². The van der Waals surface area contributed by atoms with Gasteiger partial charge in [-0.15, -0.1) is 0 Å². The molecule has 0 amide bonds. The highest BCUT2D eigenvalue weighted by atomic mass is 16.5. The first kappa shape index (κ1) is 19.4. The summed E-state index contributed by atoms with van der Waals surface area (Å²) < 4.78 is 5.28. The van der Waals surface area contributed by atoms with E-state index in [0.717, 1.165) is 12.8 Å². The Morgan fingerprint density at radius 1 is 1.05 bits per heavy atom. The highest BCUT2D eigenvalue weighted by Gasteiger charge is 2.32. The predicted molar refractivity (Wildman–Crippen MR) is 80.4 cm³/mol. The first-order chi connectivity index (χ1) is 9.50. The number of carbonyl (C=O) groups is 1. The summed E-state index contributed by atoms with van der Waals surface area (Å²) in [5.41, 5.74) is -0.768. The standard InChI is InChI=1S/C16H32O4/c1-4-5-6-7-8-9-10-11-15(19)20-14(2)16(3,12-17)13-18/h14,17-18H,4-13H2,1-3H3. The van der Waals surface area contributed by atoms with Gasteiger partial charge in [-0.25, -0.2) is 0 Å². The zero-order valence-electron chi connectivity index (χ0n) is 13.4. The number of hydrogen-bond acceptors (Lipinski definition) is 4. The van der Waals surface area contributed by atoms with Crippen molar-refractivity contribution in [2.24, 2.45) is 5.41 Å². The van der Waals surface area contributed by atoms with Crippen molar-refractivity contribution >= 4 is 5.97 Å². The molecule has 120 valence electrons.